The molecule has 2 aromatic carbocycles. The van der Waals surface area contributed by atoms with Gasteiger partial charge in [0.05, 0.1) is 11.4 Å². The van der Waals surface area contributed by atoms with Crippen LogP contribution in [-0.4, -0.2) is 35.5 Å². The Balaban J connectivity index is -0.000000477. The molecule has 6 nitrogen and oxygen atoms in total. The highest BCUT2D eigenvalue weighted by Gasteiger charge is 2.24. The van der Waals surface area contributed by atoms with Crippen molar-refractivity contribution in [1.29, 1.82) is 0 Å². The number of alkyl halides is 2. The van der Waals surface area contributed by atoms with E-state index in [-0.39, 0.29) is 17.5 Å². The number of terminal acetylenes is 1. The maximum absolute atomic E-state index is 14.0. The Morgan fingerprint density at radius 2 is 1.56 bits per heavy atom. The van der Waals surface area contributed by atoms with E-state index in [9.17, 15) is 13.2 Å². The van der Waals surface area contributed by atoms with Gasteiger partial charge in [0.15, 0.2) is 0 Å². The Bertz CT molecular complexity index is 1800. The van der Waals surface area contributed by atoms with Crippen molar-refractivity contribution >= 4 is 17.6 Å². The molecule has 4 rings (SSSR count). The van der Waals surface area contributed by atoms with Crippen molar-refractivity contribution in [2.24, 2.45) is 10.7 Å². The molecule has 2 heterocycles. The molecule has 3 aromatic rings. The van der Waals surface area contributed by atoms with Gasteiger partial charge in [-0.3, -0.25) is 4.98 Å². The third-order valence-electron chi connectivity index (χ3n) is 7.06. The smallest absolute Gasteiger partial charge is 0.394 e. The number of thioether (sulfide) groups is 1. The minimum atomic E-state index is -3.26. The first-order valence-corrected chi connectivity index (χ1v) is 21.0. The molecule has 1 unspecified atom stereocenters. The summed E-state index contributed by atoms with van der Waals surface area (Å²) in [5.74, 6) is 1.68. The van der Waals surface area contributed by atoms with Gasteiger partial charge in [0.25, 0.3) is 0 Å². The maximum Gasteiger partial charge on any atom is 0.394 e. The van der Waals surface area contributed by atoms with Crippen molar-refractivity contribution in [1.82, 2.24) is 15.6 Å². The third kappa shape index (κ3) is 27.1. The van der Waals surface area contributed by atoms with Gasteiger partial charge in [-0.2, -0.15) is 20.5 Å². The predicted molar refractivity (Wildman–Crippen MR) is 256 cm³/mol. The van der Waals surface area contributed by atoms with Crippen molar-refractivity contribution in [3.63, 3.8) is 0 Å². The molecule has 1 aromatic heterocycles. The van der Waals surface area contributed by atoms with Crippen LogP contribution in [0.4, 0.5) is 13.2 Å². The molecule has 326 valence electrons. The van der Waals surface area contributed by atoms with Gasteiger partial charge >= 0.3 is 6.11 Å². The topological polar surface area (TPSA) is 84.6 Å². The van der Waals surface area contributed by atoms with Gasteiger partial charge in [-0.25, -0.2) is 9.38 Å². The summed E-state index contributed by atoms with van der Waals surface area (Å²) in [5.41, 5.74) is 14.7. The molecule has 4 N–H and O–H groups in total. The van der Waals surface area contributed by atoms with Gasteiger partial charge in [0.2, 0.25) is 0 Å². The fraction of sp³-hybridized carbons (Fsp3) is 0.367. The maximum atomic E-state index is 14.0. The number of allylic oxidation sites excluding steroid dienone is 3. The lowest BCUT2D eigenvalue weighted by Crippen LogP contribution is -2.20. The van der Waals surface area contributed by atoms with Gasteiger partial charge in [-0.15, -0.1) is 18.9 Å². The molecule has 10 heteroatoms. The summed E-state index contributed by atoms with van der Waals surface area (Å²) in [4.78, 5) is 9.08. The average molecular weight is 836 g/mol. The molecule has 0 aliphatic carbocycles. The molecule has 1 atom stereocenters. The van der Waals surface area contributed by atoms with Crippen LogP contribution in [0.15, 0.2) is 121 Å². The van der Waals surface area contributed by atoms with Crippen LogP contribution in [0.2, 0.25) is 0 Å². The molecule has 59 heavy (non-hydrogen) atoms. The SMILES string of the molecule is C#CN.C=C.C=C1/C=C\C(C)=C/N=C(C)N1.C=C=CNCC(c1cccc(F)c1)c1cc(C)c(C)c(-c2ccc(OC(C)(F)F)c(C)c2)n1.CC.CC.CC.CCSC. The van der Waals surface area contributed by atoms with E-state index in [1.165, 1.54) is 24.0 Å². The zero-order chi connectivity index (χ0) is 46.6. The highest BCUT2D eigenvalue weighted by atomic mass is 32.2. The second-order valence-electron chi connectivity index (χ2n) is 11.4. The molecule has 0 bridgehead atoms. The van der Waals surface area contributed by atoms with E-state index in [2.05, 4.69) is 73.0 Å². The summed E-state index contributed by atoms with van der Waals surface area (Å²) in [6, 6.07) is 15.2. The van der Waals surface area contributed by atoms with Crippen LogP contribution in [0, 0.1) is 39.1 Å². The van der Waals surface area contributed by atoms with Crippen LogP contribution in [-0.2, 0) is 0 Å². The van der Waals surface area contributed by atoms with E-state index >= 15 is 0 Å². The van der Waals surface area contributed by atoms with E-state index < -0.39 is 6.11 Å². The average Bonchev–Trinajstić information content (AvgIpc) is 3.22. The lowest BCUT2D eigenvalue weighted by atomic mass is 9.92. The lowest BCUT2D eigenvalue weighted by Gasteiger charge is -2.21. The molecule has 0 spiro atoms. The second kappa shape index (κ2) is 36.9. The molecule has 0 saturated heterocycles. The van der Waals surface area contributed by atoms with E-state index in [1.807, 2.05) is 111 Å². The molecular formula is C49H72F3N5OS. The third-order valence-corrected chi connectivity index (χ3v) is 7.64. The van der Waals surface area contributed by atoms with Crippen LogP contribution in [0.5, 0.6) is 5.75 Å². The number of aryl methyl sites for hydroxylation is 2. The summed E-state index contributed by atoms with van der Waals surface area (Å²) in [5, 5.41) is 6.16. The van der Waals surface area contributed by atoms with Gasteiger partial charge in [0.1, 0.15) is 17.4 Å². The number of hydrogen-bond donors (Lipinski definition) is 3. The van der Waals surface area contributed by atoms with Crippen LogP contribution in [0.1, 0.15) is 103 Å². The molecule has 0 fully saturated rings. The fourth-order valence-corrected chi connectivity index (χ4v) is 4.47. The number of nitrogens with one attached hydrogen (secondary N) is 2. The largest absolute Gasteiger partial charge is 0.433 e. The van der Waals surface area contributed by atoms with Gasteiger partial charge in [-0.05, 0) is 123 Å². The number of nitrogens with two attached hydrogens (primary N) is 1. The Kier molecular flexibility index (Phi) is 37.8. The van der Waals surface area contributed by atoms with Crippen molar-refractivity contribution < 1.29 is 17.9 Å². The van der Waals surface area contributed by atoms with Crippen LogP contribution < -0.4 is 21.1 Å². The van der Waals surface area contributed by atoms with Gasteiger partial charge in [0, 0.05) is 43.0 Å². The monoisotopic (exact) mass is 836 g/mol. The number of aromatic nitrogens is 1. The summed E-state index contributed by atoms with van der Waals surface area (Å²) in [7, 11) is 0. The quantitative estimate of drug-likeness (QED) is 0.0862. The van der Waals surface area contributed by atoms with Crippen molar-refractivity contribution in [2.45, 2.75) is 102 Å². The number of nitrogens with zero attached hydrogens (tertiary/aromatic N) is 2. The summed E-state index contributed by atoms with van der Waals surface area (Å²) < 4.78 is 45.4. The number of rotatable bonds is 9. The number of ether oxygens (including phenoxy) is 1. The normalized spacial score (nSPS) is 12.5. The Morgan fingerprint density at radius 1 is 0.983 bits per heavy atom. The molecule has 0 radical (unpaired) electrons. The number of amidine groups is 1. The first-order chi connectivity index (χ1) is 28.1. The lowest BCUT2D eigenvalue weighted by molar-refractivity contribution is -0.159. The second-order valence-corrected chi connectivity index (χ2v) is 12.6. The summed E-state index contributed by atoms with van der Waals surface area (Å²) in [6.45, 7) is 38.3. The zero-order valence-corrected chi connectivity index (χ0v) is 39.1. The summed E-state index contributed by atoms with van der Waals surface area (Å²) in [6.07, 6.45) is 10.6. The Hall–Kier alpha value is -5.36. The van der Waals surface area contributed by atoms with E-state index in [1.54, 1.807) is 37.4 Å². The van der Waals surface area contributed by atoms with Crippen molar-refractivity contribution in [3.8, 4) is 29.5 Å². The Morgan fingerprint density at radius 3 is 2.05 bits per heavy atom. The van der Waals surface area contributed by atoms with Crippen molar-refractivity contribution in [3.05, 3.63) is 150 Å². The minimum Gasteiger partial charge on any atom is -0.433 e. The number of aliphatic imine (C=N–C) groups is 1. The van der Waals surface area contributed by atoms with E-state index in [0.29, 0.717) is 19.0 Å². The highest BCUT2D eigenvalue weighted by molar-refractivity contribution is 7.98. The zero-order valence-electron chi connectivity index (χ0n) is 38.2. The number of pyridine rings is 1. The minimum absolute atomic E-state index is 0.120. The van der Waals surface area contributed by atoms with E-state index in [0.717, 1.165) is 50.7 Å². The Labute approximate surface area is 360 Å². The fourth-order valence-electron chi connectivity index (χ4n) is 4.47. The van der Waals surface area contributed by atoms with E-state index in [4.69, 9.17) is 9.72 Å². The molecule has 1 aliphatic heterocycles. The predicted octanol–water partition coefficient (Wildman–Crippen LogP) is 13.6. The molecule has 0 saturated carbocycles. The number of halogens is 3. The van der Waals surface area contributed by atoms with Crippen LogP contribution in [0.25, 0.3) is 11.3 Å². The molecule has 0 amide bonds. The standard InChI is InChI=1S/C27H27F3N2O.C9H12N2.C3H8S.C2H3N.3C2H6.C2H4/c1-6-12-31-16-23(20-8-7-9-22(28)15-20)24-14-17(2)19(4)26(32-24)21-10-11-25(18(3)13-21)33-27(5,29)30;1-7-4-5-8(2)11-9(3)10-6-7;1-3-4-2;1-2-3;4*1-2/h7-15,23,31H,1,16H2,2-5H3;4-6H,2H2,1,3H3,(H,10,11);3H2,1-2H3;1H,3H2;3*1-2H3;1-2H2/b;5-4-,7-6-;;;;;;. The van der Waals surface area contributed by atoms with Crippen molar-refractivity contribution in [2.75, 3.05) is 18.6 Å². The first kappa shape index (κ1) is 60.3. The van der Waals surface area contributed by atoms with Gasteiger partial charge in [-0.1, -0.05) is 86.3 Å². The number of benzene rings is 2. The van der Waals surface area contributed by atoms with Crippen LogP contribution in [0.3, 0.4) is 0 Å². The summed E-state index contributed by atoms with van der Waals surface area (Å²) >= 11 is 1.86. The molecular weight excluding hydrogens is 764 g/mol. The number of hydrogen-bond acceptors (Lipinski definition) is 7. The first-order valence-electron chi connectivity index (χ1n) is 19.6. The van der Waals surface area contributed by atoms with Gasteiger partial charge < -0.3 is 21.1 Å². The molecule has 1 aliphatic rings. The highest BCUT2D eigenvalue weighted by Crippen LogP contribution is 2.33. The van der Waals surface area contributed by atoms with Crippen LogP contribution >= 0.6 is 11.8 Å².